The largest absolute Gasteiger partial charge is 0.345 e. The number of carbonyl (C=O) groups is 1. The Bertz CT molecular complexity index is 986. The van der Waals surface area contributed by atoms with Crippen molar-refractivity contribution in [3.05, 3.63) is 57.1 Å². The van der Waals surface area contributed by atoms with Crippen LogP contribution in [0.1, 0.15) is 34.6 Å². The maximum Gasteiger partial charge on any atom is 0.253 e. The van der Waals surface area contributed by atoms with E-state index in [0.717, 1.165) is 11.1 Å². The Kier molecular flexibility index (Phi) is 4.67. The molecule has 0 aliphatic carbocycles. The van der Waals surface area contributed by atoms with Crippen LogP contribution >= 0.6 is 23.2 Å². The normalized spacial score (nSPS) is 12.4. The minimum absolute atomic E-state index is 0.0611. The van der Waals surface area contributed by atoms with Crippen molar-refractivity contribution < 1.29 is 9.18 Å². The van der Waals surface area contributed by atoms with Gasteiger partial charge in [0.15, 0.2) is 5.65 Å². The van der Waals surface area contributed by atoms with Gasteiger partial charge >= 0.3 is 0 Å². The fourth-order valence-corrected chi connectivity index (χ4v) is 3.21. The monoisotopic (exact) mass is 380 g/mol. The van der Waals surface area contributed by atoms with Crippen LogP contribution in [0, 0.1) is 12.7 Å². The van der Waals surface area contributed by atoms with Crippen LogP contribution in [-0.2, 0) is 7.05 Å². The zero-order chi connectivity index (χ0) is 18.3. The summed E-state index contributed by atoms with van der Waals surface area (Å²) in [5.41, 5.74) is 2.32. The number of carbonyl (C=O) groups excluding carboxylic acids is 1. The lowest BCUT2D eigenvalue weighted by Gasteiger charge is -2.16. The molecule has 0 fully saturated rings. The van der Waals surface area contributed by atoms with Gasteiger partial charge in [-0.15, -0.1) is 0 Å². The van der Waals surface area contributed by atoms with E-state index in [2.05, 4.69) is 15.4 Å². The summed E-state index contributed by atoms with van der Waals surface area (Å²) in [4.78, 5) is 16.8. The maximum absolute atomic E-state index is 13.7. The molecule has 0 spiro atoms. The Morgan fingerprint density at radius 3 is 2.72 bits per heavy atom. The van der Waals surface area contributed by atoms with Crippen LogP contribution in [0.25, 0.3) is 11.0 Å². The summed E-state index contributed by atoms with van der Waals surface area (Å²) in [6.07, 6.45) is 1.48. The summed E-state index contributed by atoms with van der Waals surface area (Å²) in [7, 11) is 1.79. The highest BCUT2D eigenvalue weighted by Gasteiger charge is 2.18. The van der Waals surface area contributed by atoms with Gasteiger partial charge in [0.2, 0.25) is 0 Å². The molecule has 0 aliphatic rings. The Morgan fingerprint density at radius 1 is 1.28 bits per heavy atom. The predicted molar refractivity (Wildman–Crippen MR) is 95.5 cm³/mol. The first-order valence-electron chi connectivity index (χ1n) is 7.52. The first-order valence-corrected chi connectivity index (χ1v) is 8.28. The number of hydrogen-bond donors (Lipinski definition) is 1. The van der Waals surface area contributed by atoms with Crippen molar-refractivity contribution in [3.8, 4) is 0 Å². The third-order valence-electron chi connectivity index (χ3n) is 3.98. The molecule has 1 atom stereocenters. The van der Waals surface area contributed by atoms with E-state index in [1.807, 2.05) is 6.92 Å². The molecule has 0 saturated carbocycles. The SMILES string of the molecule is Cc1nn(C)c2ncc(C(=O)NC(C)c3cc(F)c(Cl)cc3Cl)cc12. The average Bonchev–Trinajstić information content (AvgIpc) is 2.84. The summed E-state index contributed by atoms with van der Waals surface area (Å²) >= 11 is 11.8. The second-order valence-corrected chi connectivity index (χ2v) is 6.60. The highest BCUT2D eigenvalue weighted by Crippen LogP contribution is 2.29. The summed E-state index contributed by atoms with van der Waals surface area (Å²) < 4.78 is 15.3. The molecule has 3 rings (SSSR count). The van der Waals surface area contributed by atoms with Gasteiger partial charge in [-0.25, -0.2) is 9.37 Å². The highest BCUT2D eigenvalue weighted by molar-refractivity contribution is 6.35. The first-order chi connectivity index (χ1) is 11.8. The molecular weight excluding hydrogens is 366 g/mol. The van der Waals surface area contributed by atoms with E-state index >= 15 is 0 Å². The number of rotatable bonds is 3. The smallest absolute Gasteiger partial charge is 0.253 e. The van der Waals surface area contributed by atoms with Crippen molar-refractivity contribution in [1.29, 1.82) is 0 Å². The third-order valence-corrected chi connectivity index (χ3v) is 4.60. The van der Waals surface area contributed by atoms with Crippen LogP contribution in [0.5, 0.6) is 0 Å². The van der Waals surface area contributed by atoms with Crippen LogP contribution in [0.3, 0.4) is 0 Å². The minimum atomic E-state index is -0.587. The lowest BCUT2D eigenvalue weighted by molar-refractivity contribution is 0.0939. The third kappa shape index (κ3) is 3.32. The van der Waals surface area contributed by atoms with E-state index in [0.29, 0.717) is 16.8 Å². The second kappa shape index (κ2) is 6.61. The number of aryl methyl sites for hydroxylation is 2. The van der Waals surface area contributed by atoms with Gasteiger partial charge in [-0.3, -0.25) is 9.48 Å². The summed E-state index contributed by atoms with van der Waals surface area (Å²) in [5.74, 6) is -0.923. The molecule has 3 aromatic rings. The van der Waals surface area contributed by atoms with Crippen molar-refractivity contribution in [2.75, 3.05) is 0 Å². The van der Waals surface area contributed by atoms with Gasteiger partial charge in [-0.2, -0.15) is 5.10 Å². The summed E-state index contributed by atoms with van der Waals surface area (Å²) in [6.45, 7) is 3.57. The van der Waals surface area contributed by atoms with Gasteiger partial charge in [0.25, 0.3) is 5.91 Å². The van der Waals surface area contributed by atoms with E-state index in [1.54, 1.807) is 24.7 Å². The zero-order valence-electron chi connectivity index (χ0n) is 13.8. The van der Waals surface area contributed by atoms with E-state index < -0.39 is 11.9 Å². The standard InChI is InChI=1S/C17H15Cl2FN4O/c1-8(11-5-15(20)14(19)6-13(11)18)22-17(25)10-4-12-9(2)23-24(3)16(12)21-7-10/h4-8H,1-3H3,(H,22,25). The Balaban J connectivity index is 1.87. The van der Waals surface area contributed by atoms with E-state index in [-0.39, 0.29) is 16.0 Å². The quantitative estimate of drug-likeness (QED) is 0.692. The highest BCUT2D eigenvalue weighted by atomic mass is 35.5. The molecule has 25 heavy (non-hydrogen) atoms. The molecule has 1 unspecified atom stereocenters. The predicted octanol–water partition coefficient (Wildman–Crippen LogP) is 4.21. The first kappa shape index (κ1) is 17.6. The fourth-order valence-electron chi connectivity index (χ4n) is 2.66. The number of aromatic nitrogens is 3. The molecule has 0 aliphatic heterocycles. The molecule has 0 radical (unpaired) electrons. The fraction of sp³-hybridized carbons (Fsp3) is 0.235. The van der Waals surface area contributed by atoms with Crippen molar-refractivity contribution in [3.63, 3.8) is 0 Å². The molecule has 0 saturated heterocycles. The van der Waals surface area contributed by atoms with Crippen molar-refractivity contribution >= 4 is 40.1 Å². The number of pyridine rings is 1. The Morgan fingerprint density at radius 2 is 2.00 bits per heavy atom. The topological polar surface area (TPSA) is 59.8 Å². The molecule has 2 heterocycles. The molecule has 130 valence electrons. The van der Waals surface area contributed by atoms with Crippen LogP contribution in [0.4, 0.5) is 4.39 Å². The number of benzene rings is 1. The van der Waals surface area contributed by atoms with E-state index in [4.69, 9.17) is 23.2 Å². The molecule has 1 N–H and O–H groups in total. The molecule has 8 heteroatoms. The molecule has 5 nitrogen and oxygen atoms in total. The average molecular weight is 381 g/mol. The van der Waals surface area contributed by atoms with Gasteiger partial charge in [-0.1, -0.05) is 23.2 Å². The van der Waals surface area contributed by atoms with Gasteiger partial charge in [-0.05, 0) is 37.6 Å². The Labute approximate surface area is 153 Å². The number of halogens is 3. The molecule has 2 aromatic heterocycles. The molecule has 0 bridgehead atoms. The number of nitrogens with one attached hydrogen (secondary N) is 1. The van der Waals surface area contributed by atoms with Crippen LogP contribution in [0.2, 0.25) is 10.0 Å². The number of nitrogens with zero attached hydrogens (tertiary/aromatic N) is 3. The summed E-state index contributed by atoms with van der Waals surface area (Å²) in [6, 6.07) is 3.78. The number of hydrogen-bond acceptors (Lipinski definition) is 3. The number of amides is 1. The van der Waals surface area contributed by atoms with Gasteiger partial charge < -0.3 is 5.32 Å². The lowest BCUT2D eigenvalue weighted by Crippen LogP contribution is -2.27. The van der Waals surface area contributed by atoms with Crippen LogP contribution in [0.15, 0.2) is 24.4 Å². The Hall–Kier alpha value is -2.18. The van der Waals surface area contributed by atoms with Crippen molar-refractivity contribution in [2.24, 2.45) is 7.05 Å². The molecule has 1 amide bonds. The number of fused-ring (bicyclic) bond motifs is 1. The maximum atomic E-state index is 13.7. The second-order valence-electron chi connectivity index (χ2n) is 5.79. The van der Waals surface area contributed by atoms with E-state index in [9.17, 15) is 9.18 Å². The van der Waals surface area contributed by atoms with Crippen molar-refractivity contribution in [1.82, 2.24) is 20.1 Å². The van der Waals surface area contributed by atoms with Gasteiger partial charge in [0, 0.05) is 23.7 Å². The molecular formula is C17H15Cl2FN4O. The molecule has 1 aromatic carbocycles. The van der Waals surface area contributed by atoms with Crippen LogP contribution in [-0.4, -0.2) is 20.7 Å². The minimum Gasteiger partial charge on any atom is -0.345 e. The van der Waals surface area contributed by atoms with Gasteiger partial charge in [0.05, 0.1) is 22.3 Å². The van der Waals surface area contributed by atoms with Gasteiger partial charge in [0.1, 0.15) is 5.82 Å². The van der Waals surface area contributed by atoms with E-state index in [1.165, 1.54) is 18.3 Å². The lowest BCUT2D eigenvalue weighted by atomic mass is 10.1. The zero-order valence-corrected chi connectivity index (χ0v) is 15.3. The van der Waals surface area contributed by atoms with Crippen molar-refractivity contribution in [2.45, 2.75) is 19.9 Å². The van der Waals surface area contributed by atoms with Crippen LogP contribution < -0.4 is 5.32 Å². The summed E-state index contributed by atoms with van der Waals surface area (Å²) in [5, 5.41) is 8.10.